The second-order valence-corrected chi connectivity index (χ2v) is 7.45. The predicted octanol–water partition coefficient (Wildman–Crippen LogP) is 7.38. The fourth-order valence-electron chi connectivity index (χ4n) is 4.05. The van der Waals surface area contributed by atoms with E-state index in [2.05, 4.69) is 48.5 Å². The van der Waals surface area contributed by atoms with Crippen LogP contribution in [0.2, 0.25) is 0 Å². The van der Waals surface area contributed by atoms with Gasteiger partial charge in [0.2, 0.25) is 0 Å². The van der Waals surface area contributed by atoms with Crippen LogP contribution in [0, 0.1) is 0 Å². The third-order valence-corrected chi connectivity index (χ3v) is 5.52. The van der Waals surface area contributed by atoms with Gasteiger partial charge >= 0.3 is 0 Å². The molecule has 6 aromatic rings. The maximum atomic E-state index is 6.29. The van der Waals surface area contributed by atoms with Crippen LogP contribution in [0.1, 0.15) is 0 Å². The summed E-state index contributed by atoms with van der Waals surface area (Å²) in [6.45, 7) is 0. The van der Waals surface area contributed by atoms with Crippen molar-refractivity contribution in [2.24, 2.45) is 0 Å². The molecule has 31 heavy (non-hydrogen) atoms. The van der Waals surface area contributed by atoms with Gasteiger partial charge in [0.05, 0.1) is 0 Å². The second-order valence-electron chi connectivity index (χ2n) is 7.45. The molecule has 2 heterocycles. The van der Waals surface area contributed by atoms with Crippen molar-refractivity contribution in [2.75, 3.05) is 0 Å². The molecule has 0 aliphatic heterocycles. The molecule has 6 rings (SSSR count). The van der Waals surface area contributed by atoms with Crippen LogP contribution < -0.4 is 0 Å². The van der Waals surface area contributed by atoms with E-state index in [9.17, 15) is 0 Å². The summed E-state index contributed by atoms with van der Waals surface area (Å²) in [5, 5.41) is 0.996. The number of hydrogen-bond acceptors (Lipinski definition) is 3. The quantitative estimate of drug-likeness (QED) is 0.312. The Morgan fingerprint density at radius 1 is 0.516 bits per heavy atom. The van der Waals surface area contributed by atoms with Gasteiger partial charge in [-0.15, -0.1) is 0 Å². The van der Waals surface area contributed by atoms with Gasteiger partial charge in [-0.25, -0.2) is 9.97 Å². The molecule has 0 radical (unpaired) electrons. The van der Waals surface area contributed by atoms with Crippen molar-refractivity contribution in [2.45, 2.75) is 0 Å². The Morgan fingerprint density at radius 3 is 1.90 bits per heavy atom. The molecule has 0 unspecified atom stereocenters. The zero-order chi connectivity index (χ0) is 20.6. The third kappa shape index (κ3) is 2.99. The maximum Gasteiger partial charge on any atom is 0.180 e. The van der Waals surface area contributed by atoms with Crippen LogP contribution in [0.15, 0.2) is 114 Å². The summed E-state index contributed by atoms with van der Waals surface area (Å²) < 4.78 is 6.29. The van der Waals surface area contributed by atoms with Crippen molar-refractivity contribution in [3.8, 4) is 33.8 Å². The van der Waals surface area contributed by atoms with Crippen LogP contribution in [0.5, 0.6) is 0 Å². The summed E-state index contributed by atoms with van der Waals surface area (Å²) in [6, 6.07) is 36.8. The summed E-state index contributed by atoms with van der Waals surface area (Å²) in [4.78, 5) is 9.94. The Hall–Kier alpha value is -4.24. The number of para-hydroxylation sites is 1. The minimum Gasteiger partial charge on any atom is -0.452 e. The minimum absolute atomic E-state index is 0.692. The highest BCUT2D eigenvalue weighted by Crippen LogP contribution is 2.39. The Balaban J connectivity index is 1.71. The van der Waals surface area contributed by atoms with Crippen LogP contribution in [0.4, 0.5) is 0 Å². The molecule has 0 fully saturated rings. The second kappa shape index (κ2) is 7.22. The van der Waals surface area contributed by atoms with E-state index >= 15 is 0 Å². The Morgan fingerprint density at radius 2 is 1.13 bits per heavy atom. The van der Waals surface area contributed by atoms with Gasteiger partial charge in [0.25, 0.3) is 0 Å². The average molecular weight is 398 g/mol. The van der Waals surface area contributed by atoms with E-state index in [1.807, 2.05) is 60.7 Å². The lowest BCUT2D eigenvalue weighted by Gasteiger charge is -2.11. The van der Waals surface area contributed by atoms with Gasteiger partial charge in [0.15, 0.2) is 11.4 Å². The van der Waals surface area contributed by atoms with Gasteiger partial charge in [-0.05, 0) is 23.3 Å². The monoisotopic (exact) mass is 398 g/mol. The Labute approximate surface area is 179 Å². The number of nitrogens with zero attached hydrogens (tertiary/aromatic N) is 2. The van der Waals surface area contributed by atoms with Crippen molar-refractivity contribution in [1.82, 2.24) is 9.97 Å². The van der Waals surface area contributed by atoms with E-state index in [4.69, 9.17) is 14.4 Å². The van der Waals surface area contributed by atoms with E-state index in [0.29, 0.717) is 11.4 Å². The SMILES string of the molecule is c1ccc(-c2nc(-c3ccccc3-c3ccccc3)c3oc4ccccc4c3n2)cc1. The van der Waals surface area contributed by atoms with E-state index in [1.54, 1.807) is 0 Å². The molecule has 3 heteroatoms. The molecule has 3 nitrogen and oxygen atoms in total. The van der Waals surface area contributed by atoms with Crippen LogP contribution >= 0.6 is 0 Å². The van der Waals surface area contributed by atoms with Gasteiger partial charge in [0, 0.05) is 16.5 Å². The first kappa shape index (κ1) is 17.6. The molecule has 2 aromatic heterocycles. The normalized spacial score (nSPS) is 11.2. The van der Waals surface area contributed by atoms with Gasteiger partial charge in [-0.2, -0.15) is 0 Å². The molecule has 0 atom stereocenters. The summed E-state index contributed by atoms with van der Waals surface area (Å²) in [5.74, 6) is 0.692. The van der Waals surface area contributed by atoms with Gasteiger partial charge in [-0.3, -0.25) is 0 Å². The summed E-state index contributed by atoms with van der Waals surface area (Å²) >= 11 is 0. The first-order valence-electron chi connectivity index (χ1n) is 10.3. The molecule has 0 spiro atoms. The van der Waals surface area contributed by atoms with Crippen molar-refractivity contribution in [3.05, 3.63) is 109 Å². The topological polar surface area (TPSA) is 38.9 Å². The lowest BCUT2D eigenvalue weighted by atomic mass is 9.97. The zero-order valence-electron chi connectivity index (χ0n) is 16.7. The maximum absolute atomic E-state index is 6.29. The molecule has 0 saturated carbocycles. The van der Waals surface area contributed by atoms with Gasteiger partial charge in [-0.1, -0.05) is 97.1 Å². The van der Waals surface area contributed by atoms with Crippen LogP contribution in [0.25, 0.3) is 55.8 Å². The fraction of sp³-hybridized carbons (Fsp3) is 0. The number of rotatable bonds is 3. The van der Waals surface area contributed by atoms with E-state index < -0.39 is 0 Å². The predicted molar refractivity (Wildman–Crippen MR) is 126 cm³/mol. The summed E-state index contributed by atoms with van der Waals surface area (Å²) in [6.07, 6.45) is 0. The van der Waals surface area contributed by atoms with Crippen molar-refractivity contribution in [1.29, 1.82) is 0 Å². The first-order chi connectivity index (χ1) is 15.4. The highest BCUT2D eigenvalue weighted by Gasteiger charge is 2.19. The molecule has 146 valence electrons. The molecule has 0 amide bonds. The number of fused-ring (bicyclic) bond motifs is 3. The third-order valence-electron chi connectivity index (χ3n) is 5.52. The smallest absolute Gasteiger partial charge is 0.180 e. The zero-order valence-corrected chi connectivity index (χ0v) is 16.7. The molecule has 0 aliphatic rings. The van der Waals surface area contributed by atoms with Gasteiger partial charge in [0.1, 0.15) is 16.8 Å². The summed E-state index contributed by atoms with van der Waals surface area (Å²) in [5.41, 5.74) is 7.43. The average Bonchev–Trinajstić information content (AvgIpc) is 3.23. The molecule has 0 bridgehead atoms. The van der Waals surface area contributed by atoms with Crippen molar-refractivity contribution >= 4 is 22.1 Å². The lowest BCUT2D eigenvalue weighted by molar-refractivity contribution is 0.667. The molecule has 0 aliphatic carbocycles. The van der Waals surface area contributed by atoms with E-state index in [1.165, 1.54) is 0 Å². The molecular weight excluding hydrogens is 380 g/mol. The number of aromatic nitrogens is 2. The number of furan rings is 1. The minimum atomic E-state index is 0.692. The number of benzene rings is 4. The number of hydrogen-bond donors (Lipinski definition) is 0. The van der Waals surface area contributed by atoms with Crippen LogP contribution in [-0.4, -0.2) is 9.97 Å². The molecule has 0 saturated heterocycles. The van der Waals surface area contributed by atoms with E-state index in [0.717, 1.165) is 44.4 Å². The van der Waals surface area contributed by atoms with Crippen LogP contribution in [-0.2, 0) is 0 Å². The largest absolute Gasteiger partial charge is 0.452 e. The Kier molecular flexibility index (Phi) is 4.10. The molecule has 4 aromatic carbocycles. The van der Waals surface area contributed by atoms with Crippen molar-refractivity contribution < 1.29 is 4.42 Å². The molecule has 0 N–H and O–H groups in total. The first-order valence-corrected chi connectivity index (χ1v) is 10.3. The van der Waals surface area contributed by atoms with Crippen LogP contribution in [0.3, 0.4) is 0 Å². The highest BCUT2D eigenvalue weighted by atomic mass is 16.3. The van der Waals surface area contributed by atoms with Crippen molar-refractivity contribution in [3.63, 3.8) is 0 Å². The lowest BCUT2D eigenvalue weighted by Crippen LogP contribution is -1.95. The highest BCUT2D eigenvalue weighted by molar-refractivity contribution is 6.08. The Bertz CT molecular complexity index is 1520. The van der Waals surface area contributed by atoms with E-state index in [-0.39, 0.29) is 0 Å². The fourth-order valence-corrected chi connectivity index (χ4v) is 4.05. The molecular formula is C28H18N2O. The van der Waals surface area contributed by atoms with Gasteiger partial charge < -0.3 is 4.42 Å². The standard InChI is InChI=1S/C28H18N2O/c1-3-11-19(12-4-1)21-15-7-8-16-22(21)25-27-26(23-17-9-10-18-24(23)31-27)30-28(29-25)20-13-5-2-6-14-20/h1-18H. The summed E-state index contributed by atoms with van der Waals surface area (Å²) in [7, 11) is 0.